The normalized spacial score (nSPS) is 10.8. The predicted molar refractivity (Wildman–Crippen MR) is 117 cm³/mol. The van der Waals surface area contributed by atoms with E-state index in [1.807, 2.05) is 24.3 Å². The fourth-order valence-corrected chi connectivity index (χ4v) is 3.00. The number of carboxylic acids is 1. The maximum absolute atomic E-state index is 10.5. The molecule has 164 valence electrons. The number of aliphatic carboxylic acids is 1. The molecule has 0 saturated heterocycles. The van der Waals surface area contributed by atoms with Crippen LogP contribution in [0, 0.1) is 0 Å². The second-order valence-electron chi connectivity index (χ2n) is 6.66. The van der Waals surface area contributed by atoms with Gasteiger partial charge in [0.25, 0.3) is 0 Å². The summed E-state index contributed by atoms with van der Waals surface area (Å²) in [4.78, 5) is 16.1. The number of pyridine rings is 1. The molecule has 0 amide bonds. The van der Waals surface area contributed by atoms with Crippen molar-refractivity contribution in [1.29, 1.82) is 0 Å². The van der Waals surface area contributed by atoms with Crippen molar-refractivity contribution in [3.8, 4) is 22.9 Å². The Kier molecular flexibility index (Phi) is 6.66. The summed E-state index contributed by atoms with van der Waals surface area (Å²) < 4.78 is 16.6. The number of benzene rings is 2. The van der Waals surface area contributed by atoms with Gasteiger partial charge >= 0.3 is 5.97 Å². The van der Waals surface area contributed by atoms with Crippen LogP contribution in [0.3, 0.4) is 0 Å². The van der Waals surface area contributed by atoms with Crippen molar-refractivity contribution in [3.05, 3.63) is 65.9 Å². The summed E-state index contributed by atoms with van der Waals surface area (Å²) in [6, 6.07) is 15.9. The van der Waals surface area contributed by atoms with Gasteiger partial charge in [0, 0.05) is 12.5 Å². The van der Waals surface area contributed by atoms with Gasteiger partial charge in [-0.3, -0.25) is 0 Å². The van der Waals surface area contributed by atoms with Crippen molar-refractivity contribution in [2.24, 2.45) is 0 Å². The lowest BCUT2D eigenvalue weighted by molar-refractivity contribution is -0.139. The predicted octanol–water partition coefficient (Wildman–Crippen LogP) is 3.78. The number of rotatable bonds is 10. The molecule has 2 aromatic heterocycles. The summed E-state index contributed by atoms with van der Waals surface area (Å²) in [5.41, 5.74) is 2.12. The average Bonchev–Trinajstić information content (AvgIpc) is 3.23. The molecule has 0 unspecified atom stereocenters. The van der Waals surface area contributed by atoms with Crippen LogP contribution >= 0.6 is 11.6 Å². The highest BCUT2D eigenvalue weighted by atomic mass is 35.5. The first-order chi connectivity index (χ1) is 15.6. The molecule has 2 aromatic carbocycles. The molecule has 4 rings (SSSR count). The maximum Gasteiger partial charge on any atom is 0.341 e. The fourth-order valence-electron chi connectivity index (χ4n) is 2.85. The topological polar surface area (TPSA) is 109 Å². The number of ether oxygens (including phenoxy) is 3. The van der Waals surface area contributed by atoms with E-state index in [1.54, 1.807) is 36.5 Å². The van der Waals surface area contributed by atoms with E-state index in [9.17, 15) is 4.79 Å². The highest BCUT2D eigenvalue weighted by Gasteiger charge is 2.12. The molecule has 0 bridgehead atoms. The molecule has 0 aliphatic rings. The first-order valence-electron chi connectivity index (χ1n) is 9.77. The van der Waals surface area contributed by atoms with Gasteiger partial charge in [-0.25, -0.2) is 9.78 Å². The summed E-state index contributed by atoms with van der Waals surface area (Å²) in [5.74, 6) is 0.593. The lowest BCUT2D eigenvalue weighted by atomic mass is 10.3. The molecule has 2 heterocycles. The smallest absolute Gasteiger partial charge is 0.341 e. The van der Waals surface area contributed by atoms with Crippen LogP contribution in [0.5, 0.6) is 17.2 Å². The van der Waals surface area contributed by atoms with Crippen molar-refractivity contribution in [2.75, 3.05) is 19.8 Å². The second kappa shape index (κ2) is 9.97. The summed E-state index contributed by atoms with van der Waals surface area (Å²) in [5, 5.41) is 17.9. The summed E-state index contributed by atoms with van der Waals surface area (Å²) in [6.07, 6.45) is 2.16. The largest absolute Gasteiger partial charge is 0.493 e. The SMILES string of the molecule is O=C(O)COc1ccc(OCCCOc2cnc(Cl)cc2-n2nc3ccccc3n2)cc1. The van der Waals surface area contributed by atoms with Crippen LogP contribution in [0.25, 0.3) is 16.7 Å². The lowest BCUT2D eigenvalue weighted by Gasteiger charge is -2.11. The van der Waals surface area contributed by atoms with E-state index < -0.39 is 5.97 Å². The molecular weight excluding hydrogens is 436 g/mol. The molecule has 0 radical (unpaired) electrons. The molecule has 0 fully saturated rings. The average molecular weight is 455 g/mol. The van der Waals surface area contributed by atoms with Crippen LogP contribution in [-0.2, 0) is 4.79 Å². The third-order valence-electron chi connectivity index (χ3n) is 4.32. The summed E-state index contributed by atoms with van der Waals surface area (Å²) in [6.45, 7) is 0.426. The number of nitrogens with zero attached hydrogens (tertiary/aromatic N) is 4. The quantitative estimate of drug-likeness (QED) is 0.285. The molecule has 0 spiro atoms. The van der Waals surface area contributed by atoms with Crippen LogP contribution < -0.4 is 14.2 Å². The number of aromatic nitrogens is 4. The Morgan fingerprint density at radius 1 is 0.938 bits per heavy atom. The zero-order valence-corrected chi connectivity index (χ0v) is 17.6. The van der Waals surface area contributed by atoms with Gasteiger partial charge < -0.3 is 19.3 Å². The number of halogens is 1. The molecule has 0 aliphatic heterocycles. The van der Waals surface area contributed by atoms with Crippen molar-refractivity contribution in [1.82, 2.24) is 20.0 Å². The highest BCUT2D eigenvalue weighted by Crippen LogP contribution is 2.25. The van der Waals surface area contributed by atoms with Gasteiger partial charge in [0.1, 0.15) is 33.4 Å². The van der Waals surface area contributed by atoms with Crippen molar-refractivity contribution >= 4 is 28.6 Å². The molecule has 0 atom stereocenters. The minimum absolute atomic E-state index is 0.313. The molecule has 10 heteroatoms. The Hall–Kier alpha value is -3.85. The van der Waals surface area contributed by atoms with Crippen LogP contribution in [0.15, 0.2) is 60.8 Å². The van der Waals surface area contributed by atoms with Gasteiger partial charge in [-0.1, -0.05) is 23.7 Å². The van der Waals surface area contributed by atoms with E-state index in [2.05, 4.69) is 15.2 Å². The summed E-state index contributed by atoms with van der Waals surface area (Å²) >= 11 is 6.07. The van der Waals surface area contributed by atoms with E-state index in [1.165, 1.54) is 4.80 Å². The lowest BCUT2D eigenvalue weighted by Crippen LogP contribution is -2.09. The van der Waals surface area contributed by atoms with Crippen molar-refractivity contribution in [2.45, 2.75) is 6.42 Å². The van der Waals surface area contributed by atoms with Gasteiger partial charge in [-0.15, -0.1) is 15.0 Å². The molecular formula is C22H19ClN4O5. The number of hydrogen-bond acceptors (Lipinski definition) is 7. The van der Waals surface area contributed by atoms with Gasteiger partial charge in [-0.2, -0.15) is 0 Å². The first-order valence-corrected chi connectivity index (χ1v) is 10.1. The van der Waals surface area contributed by atoms with Crippen LogP contribution in [0.1, 0.15) is 6.42 Å². The molecule has 4 aromatic rings. The monoisotopic (exact) mass is 454 g/mol. The maximum atomic E-state index is 10.5. The standard InChI is InChI=1S/C22H19ClN4O5/c23-21-12-19(27-25-17-4-1-2-5-18(17)26-27)20(13-24-21)31-11-3-10-30-15-6-8-16(9-7-15)32-14-22(28)29/h1-2,4-9,12-13H,3,10-11,14H2,(H,28,29). The zero-order valence-electron chi connectivity index (χ0n) is 16.8. The number of carboxylic acid groups (broad SMARTS) is 1. The molecule has 9 nitrogen and oxygen atoms in total. The zero-order chi connectivity index (χ0) is 22.3. The van der Waals surface area contributed by atoms with E-state index >= 15 is 0 Å². The Morgan fingerprint density at radius 3 is 2.22 bits per heavy atom. The van der Waals surface area contributed by atoms with Crippen molar-refractivity contribution < 1.29 is 24.1 Å². The third-order valence-corrected chi connectivity index (χ3v) is 4.52. The Morgan fingerprint density at radius 2 is 1.56 bits per heavy atom. The minimum atomic E-state index is -1.03. The fraction of sp³-hybridized carbons (Fsp3) is 0.182. The number of hydrogen-bond donors (Lipinski definition) is 1. The second-order valence-corrected chi connectivity index (χ2v) is 7.04. The van der Waals surface area contributed by atoms with Crippen LogP contribution in [0.4, 0.5) is 0 Å². The highest BCUT2D eigenvalue weighted by molar-refractivity contribution is 6.29. The van der Waals surface area contributed by atoms with Crippen LogP contribution in [-0.4, -0.2) is 50.9 Å². The molecule has 0 saturated carbocycles. The van der Waals surface area contributed by atoms with E-state index in [-0.39, 0.29) is 6.61 Å². The number of carbonyl (C=O) groups is 1. The van der Waals surface area contributed by atoms with E-state index in [4.69, 9.17) is 30.9 Å². The van der Waals surface area contributed by atoms with Gasteiger partial charge in [0.05, 0.1) is 19.4 Å². The Bertz CT molecular complexity index is 1180. The van der Waals surface area contributed by atoms with E-state index in [0.29, 0.717) is 47.7 Å². The van der Waals surface area contributed by atoms with Crippen molar-refractivity contribution in [3.63, 3.8) is 0 Å². The summed E-state index contributed by atoms with van der Waals surface area (Å²) in [7, 11) is 0. The first kappa shape index (κ1) is 21.4. The van der Waals surface area contributed by atoms with E-state index in [0.717, 1.165) is 11.0 Å². The minimum Gasteiger partial charge on any atom is -0.493 e. The molecule has 32 heavy (non-hydrogen) atoms. The Labute approximate surface area is 188 Å². The van der Waals surface area contributed by atoms with Crippen LogP contribution in [0.2, 0.25) is 5.15 Å². The third kappa shape index (κ3) is 5.44. The number of fused-ring (bicyclic) bond motifs is 1. The molecule has 1 N–H and O–H groups in total. The van der Waals surface area contributed by atoms with Gasteiger partial charge in [0.15, 0.2) is 12.4 Å². The Balaban J connectivity index is 1.31. The van der Waals surface area contributed by atoms with Gasteiger partial charge in [-0.05, 0) is 36.4 Å². The van der Waals surface area contributed by atoms with Gasteiger partial charge in [0.2, 0.25) is 0 Å². The molecule has 0 aliphatic carbocycles.